The predicted molar refractivity (Wildman–Crippen MR) is 137 cm³/mol. The molecule has 0 unspecified atom stereocenters. The summed E-state index contributed by atoms with van der Waals surface area (Å²) in [5, 5.41) is 21.7. The van der Waals surface area contributed by atoms with E-state index in [1.165, 1.54) is 0 Å². The van der Waals surface area contributed by atoms with Gasteiger partial charge in [-0.2, -0.15) is 0 Å². The number of carboxylic acid groups (broad SMARTS) is 1. The van der Waals surface area contributed by atoms with Gasteiger partial charge in [0.05, 0.1) is 6.61 Å². The summed E-state index contributed by atoms with van der Waals surface area (Å²) in [6, 6.07) is 20.1. The number of aliphatic hydroxyl groups is 1. The Kier molecular flexibility index (Phi) is 8.87. The van der Waals surface area contributed by atoms with Gasteiger partial charge < -0.3 is 26.2 Å². The fourth-order valence-electron chi connectivity index (χ4n) is 3.57. The van der Waals surface area contributed by atoms with Gasteiger partial charge in [0.2, 0.25) is 0 Å². The van der Waals surface area contributed by atoms with Crippen molar-refractivity contribution in [3.63, 3.8) is 0 Å². The number of fused-ring (bicyclic) bond motifs is 1. The summed E-state index contributed by atoms with van der Waals surface area (Å²) in [6.45, 7) is 0.472. The van der Waals surface area contributed by atoms with Crippen LogP contribution in [0.5, 0.6) is 0 Å². The summed E-state index contributed by atoms with van der Waals surface area (Å²) < 4.78 is 0. The summed E-state index contributed by atoms with van der Waals surface area (Å²) >= 11 is 0. The fourth-order valence-corrected chi connectivity index (χ4v) is 3.57. The molecule has 10 nitrogen and oxygen atoms in total. The van der Waals surface area contributed by atoms with Crippen LogP contribution in [-0.2, 0) is 12.8 Å². The van der Waals surface area contributed by atoms with Gasteiger partial charge >= 0.3 is 11.7 Å². The number of hydrogen-bond donors (Lipinski definition) is 6. The Morgan fingerprint density at radius 3 is 2.31 bits per heavy atom. The number of nitrogens with one attached hydrogen (secondary N) is 3. The van der Waals surface area contributed by atoms with E-state index >= 15 is 0 Å². The second-order valence-corrected chi connectivity index (χ2v) is 7.76. The molecule has 0 aliphatic carbocycles. The molecule has 0 aliphatic heterocycles. The molecule has 4 rings (SSSR count). The zero-order valence-electron chi connectivity index (χ0n) is 19.3. The lowest BCUT2D eigenvalue weighted by Crippen LogP contribution is -2.30. The summed E-state index contributed by atoms with van der Waals surface area (Å²) in [6.07, 6.45) is 0.490. The van der Waals surface area contributed by atoms with E-state index in [1.54, 1.807) is 24.3 Å². The Morgan fingerprint density at radius 1 is 0.917 bits per heavy atom. The largest absolute Gasteiger partial charge is 0.477 e. The van der Waals surface area contributed by atoms with E-state index in [0.29, 0.717) is 24.2 Å². The number of carboxylic acids is 1. The first-order chi connectivity index (χ1) is 17.3. The molecule has 0 atom stereocenters. The minimum atomic E-state index is -1.37. The van der Waals surface area contributed by atoms with E-state index < -0.39 is 22.9 Å². The number of benzene rings is 3. The number of H-pyrrole nitrogens is 2. The third-order valence-electron chi connectivity index (χ3n) is 5.28. The number of aryl methyl sites for hydroxylation is 1. The predicted octanol–water partition coefficient (Wildman–Crippen LogP) is 1.89. The number of aromatic nitrogens is 2. The smallest absolute Gasteiger partial charge is 0.352 e. The second-order valence-electron chi connectivity index (χ2n) is 7.76. The number of aromatic amines is 2. The molecule has 0 saturated heterocycles. The van der Waals surface area contributed by atoms with Crippen LogP contribution in [0.4, 0.5) is 5.69 Å². The lowest BCUT2D eigenvalue weighted by Gasteiger charge is -2.11. The molecule has 1 amide bonds. The number of rotatable bonds is 7. The quantitative estimate of drug-likeness (QED) is 0.229. The first kappa shape index (κ1) is 26.1. The van der Waals surface area contributed by atoms with Crippen LogP contribution in [0.15, 0.2) is 76.3 Å². The van der Waals surface area contributed by atoms with E-state index in [1.807, 2.05) is 42.5 Å². The van der Waals surface area contributed by atoms with E-state index in [9.17, 15) is 24.3 Å². The van der Waals surface area contributed by atoms with Crippen LogP contribution in [-0.4, -0.2) is 45.2 Å². The Labute approximate surface area is 205 Å². The molecule has 0 fully saturated rings. The normalized spacial score (nSPS) is 10.4. The SMILES string of the molecule is NCCO.O=C(Nc1cccc2ccc(CCc3c(C(=O)O)[nH]c(=O)[nH]c3=O)cc12)c1ccccc1. The van der Waals surface area contributed by atoms with Gasteiger partial charge in [0.1, 0.15) is 5.69 Å². The minimum Gasteiger partial charge on any atom is -0.477 e. The highest BCUT2D eigenvalue weighted by atomic mass is 16.4. The molecular weight excluding hydrogens is 464 g/mol. The second kappa shape index (κ2) is 12.2. The lowest BCUT2D eigenvalue weighted by atomic mass is 10.00. The average molecular weight is 491 g/mol. The van der Waals surface area contributed by atoms with Crippen LogP contribution in [0, 0.1) is 0 Å². The van der Waals surface area contributed by atoms with Crippen molar-refractivity contribution in [3.8, 4) is 0 Å². The van der Waals surface area contributed by atoms with Crippen molar-refractivity contribution >= 4 is 28.3 Å². The van der Waals surface area contributed by atoms with Crippen LogP contribution >= 0.6 is 0 Å². The molecule has 1 aromatic heterocycles. The highest BCUT2D eigenvalue weighted by molar-refractivity contribution is 6.09. The highest BCUT2D eigenvalue weighted by Crippen LogP contribution is 2.26. The Bertz CT molecular complexity index is 1480. The molecular formula is C26H26N4O6. The zero-order chi connectivity index (χ0) is 26.1. The summed E-state index contributed by atoms with van der Waals surface area (Å²) in [5.41, 5.74) is 4.83. The average Bonchev–Trinajstić information content (AvgIpc) is 2.88. The summed E-state index contributed by atoms with van der Waals surface area (Å²) in [7, 11) is 0. The van der Waals surface area contributed by atoms with Crippen molar-refractivity contribution in [1.29, 1.82) is 0 Å². The zero-order valence-corrected chi connectivity index (χ0v) is 19.3. The van der Waals surface area contributed by atoms with Crippen LogP contribution in [0.2, 0.25) is 0 Å². The van der Waals surface area contributed by atoms with Gasteiger partial charge in [-0.1, -0.05) is 42.5 Å². The third-order valence-corrected chi connectivity index (χ3v) is 5.28. The van der Waals surface area contributed by atoms with E-state index in [4.69, 9.17) is 10.8 Å². The van der Waals surface area contributed by atoms with Crippen LogP contribution < -0.4 is 22.3 Å². The highest BCUT2D eigenvalue weighted by Gasteiger charge is 2.16. The molecule has 0 bridgehead atoms. The van der Waals surface area contributed by atoms with Crippen LogP contribution in [0.3, 0.4) is 0 Å². The molecule has 3 aromatic carbocycles. The maximum absolute atomic E-state index is 12.6. The molecule has 7 N–H and O–H groups in total. The first-order valence-electron chi connectivity index (χ1n) is 11.1. The number of carbonyl (C=O) groups excluding carboxylic acids is 1. The lowest BCUT2D eigenvalue weighted by molar-refractivity contribution is 0.0688. The van der Waals surface area contributed by atoms with Crippen LogP contribution in [0.25, 0.3) is 10.8 Å². The molecule has 0 radical (unpaired) electrons. The van der Waals surface area contributed by atoms with Crippen molar-refractivity contribution in [3.05, 3.63) is 110 Å². The van der Waals surface area contributed by atoms with E-state index in [-0.39, 0.29) is 24.5 Å². The van der Waals surface area contributed by atoms with Gasteiger partial charge in [-0.05, 0) is 48.1 Å². The molecule has 0 saturated carbocycles. The van der Waals surface area contributed by atoms with Gasteiger partial charge in [-0.3, -0.25) is 14.6 Å². The van der Waals surface area contributed by atoms with Crippen LogP contribution in [0.1, 0.15) is 32.0 Å². The van der Waals surface area contributed by atoms with Gasteiger partial charge in [-0.25, -0.2) is 9.59 Å². The number of anilines is 1. The number of amides is 1. The molecule has 36 heavy (non-hydrogen) atoms. The van der Waals surface area contributed by atoms with E-state index in [0.717, 1.165) is 16.3 Å². The van der Waals surface area contributed by atoms with Crippen molar-refractivity contribution in [1.82, 2.24) is 9.97 Å². The number of carbonyl (C=O) groups is 2. The minimum absolute atomic E-state index is 0.00265. The Morgan fingerprint density at radius 2 is 1.64 bits per heavy atom. The Balaban J connectivity index is 0.000000840. The maximum Gasteiger partial charge on any atom is 0.352 e. The fraction of sp³-hybridized carbons (Fsp3) is 0.154. The molecule has 186 valence electrons. The van der Waals surface area contributed by atoms with Gasteiger partial charge in [-0.15, -0.1) is 0 Å². The third kappa shape index (κ3) is 6.53. The number of nitrogens with two attached hydrogens (primary N) is 1. The van der Waals surface area contributed by atoms with Crippen molar-refractivity contribution < 1.29 is 19.8 Å². The van der Waals surface area contributed by atoms with Gasteiger partial charge in [0.25, 0.3) is 11.5 Å². The molecule has 0 spiro atoms. The Hall–Kier alpha value is -4.54. The maximum atomic E-state index is 12.6. The topological polar surface area (TPSA) is 178 Å². The standard InChI is InChI=1S/C24H19N3O5.C2H7NO/c28-21(16-5-2-1-3-6-16)25-19-8-4-7-15-11-9-14(13-18(15)19)10-12-17-20(23(30)31)26-24(32)27-22(17)29;3-1-2-4/h1-9,11,13H,10,12H2,(H,25,28)(H,30,31)(H2,26,27,29,32);4H,1-3H2. The van der Waals surface area contributed by atoms with E-state index in [2.05, 4.69) is 15.3 Å². The summed E-state index contributed by atoms with van der Waals surface area (Å²) in [4.78, 5) is 51.8. The number of aliphatic hydroxyl groups excluding tert-OH is 1. The molecule has 10 heteroatoms. The number of aromatic carboxylic acids is 1. The van der Waals surface area contributed by atoms with Crippen molar-refractivity contribution in [2.24, 2.45) is 5.73 Å². The van der Waals surface area contributed by atoms with Gasteiger partial charge in [0, 0.05) is 28.7 Å². The monoisotopic (exact) mass is 490 g/mol. The van der Waals surface area contributed by atoms with Crippen molar-refractivity contribution in [2.75, 3.05) is 18.5 Å². The van der Waals surface area contributed by atoms with Crippen molar-refractivity contribution in [2.45, 2.75) is 12.8 Å². The summed E-state index contributed by atoms with van der Waals surface area (Å²) in [5.74, 6) is -1.60. The number of hydrogen-bond acceptors (Lipinski definition) is 6. The van der Waals surface area contributed by atoms with Gasteiger partial charge in [0.15, 0.2) is 0 Å². The molecule has 4 aromatic rings. The first-order valence-corrected chi connectivity index (χ1v) is 11.1. The molecule has 1 heterocycles. The molecule has 0 aliphatic rings.